The maximum absolute atomic E-state index is 12.5. The van der Waals surface area contributed by atoms with Gasteiger partial charge in [-0.1, -0.05) is 23.7 Å². The number of benzene rings is 2. The number of hydrogen-bond acceptors (Lipinski definition) is 7. The molecule has 1 aromatic heterocycles. The summed E-state index contributed by atoms with van der Waals surface area (Å²) in [6.07, 6.45) is 1.34. The van der Waals surface area contributed by atoms with Crippen molar-refractivity contribution in [1.29, 1.82) is 0 Å². The lowest BCUT2D eigenvalue weighted by Gasteiger charge is -2.10. The lowest BCUT2D eigenvalue weighted by atomic mass is 10.2. The maximum atomic E-state index is 12.5. The Labute approximate surface area is 162 Å². The van der Waals surface area contributed by atoms with E-state index in [0.29, 0.717) is 11.3 Å². The lowest BCUT2D eigenvalue weighted by molar-refractivity contribution is -0.385. The number of halogens is 1. The minimum Gasteiger partial charge on any atom is -0.378 e. The van der Waals surface area contributed by atoms with E-state index in [1.807, 2.05) is 0 Å². The number of rotatable bonds is 6. The van der Waals surface area contributed by atoms with Crippen LogP contribution in [0.5, 0.6) is 0 Å². The standard InChI is InChI=1S/C17H12ClN5O5/c18-16-15(19-9-11-2-1-3-14(8-11)23(27)28)10-20-21(17(16)24)12-4-6-13(7-5-12)22(25)26/h1-8,10,19H,9H2. The molecule has 1 N–H and O–H groups in total. The molecule has 0 fully saturated rings. The third-order valence-electron chi connectivity index (χ3n) is 3.83. The molecule has 0 atom stereocenters. The number of nitro benzene ring substituents is 2. The molecule has 0 amide bonds. The molecule has 142 valence electrons. The minimum atomic E-state index is -0.612. The van der Waals surface area contributed by atoms with Crippen molar-refractivity contribution >= 4 is 28.7 Å². The average molecular weight is 402 g/mol. The summed E-state index contributed by atoms with van der Waals surface area (Å²) in [5.74, 6) is 0. The van der Waals surface area contributed by atoms with Crippen molar-refractivity contribution in [1.82, 2.24) is 9.78 Å². The smallest absolute Gasteiger partial charge is 0.292 e. The van der Waals surface area contributed by atoms with E-state index in [1.165, 1.54) is 42.6 Å². The van der Waals surface area contributed by atoms with Crippen LogP contribution < -0.4 is 10.9 Å². The van der Waals surface area contributed by atoms with Gasteiger partial charge in [-0.15, -0.1) is 0 Å². The average Bonchev–Trinajstić information content (AvgIpc) is 2.69. The van der Waals surface area contributed by atoms with Gasteiger partial charge >= 0.3 is 0 Å². The second-order valence-electron chi connectivity index (χ2n) is 5.64. The molecule has 0 aliphatic carbocycles. The third kappa shape index (κ3) is 3.96. The second-order valence-corrected chi connectivity index (χ2v) is 6.02. The van der Waals surface area contributed by atoms with Crippen LogP contribution in [-0.2, 0) is 6.54 Å². The minimum absolute atomic E-state index is 0.0443. The summed E-state index contributed by atoms with van der Waals surface area (Å²) >= 11 is 6.13. The number of hydrogen-bond donors (Lipinski definition) is 1. The van der Waals surface area contributed by atoms with Crippen molar-refractivity contribution in [2.24, 2.45) is 0 Å². The van der Waals surface area contributed by atoms with Gasteiger partial charge in [0.15, 0.2) is 0 Å². The van der Waals surface area contributed by atoms with Gasteiger partial charge in [0, 0.05) is 30.8 Å². The topological polar surface area (TPSA) is 133 Å². The quantitative estimate of drug-likeness (QED) is 0.494. The summed E-state index contributed by atoms with van der Waals surface area (Å²) in [4.78, 5) is 33.0. The van der Waals surface area contributed by atoms with E-state index < -0.39 is 15.4 Å². The van der Waals surface area contributed by atoms with Gasteiger partial charge in [0.25, 0.3) is 16.9 Å². The van der Waals surface area contributed by atoms with Crippen LogP contribution in [0.25, 0.3) is 5.69 Å². The molecule has 28 heavy (non-hydrogen) atoms. The molecule has 1 heterocycles. The van der Waals surface area contributed by atoms with Crippen LogP contribution in [0.4, 0.5) is 17.1 Å². The van der Waals surface area contributed by atoms with E-state index >= 15 is 0 Å². The monoisotopic (exact) mass is 401 g/mol. The Morgan fingerprint density at radius 1 is 1.04 bits per heavy atom. The number of nitrogens with zero attached hydrogens (tertiary/aromatic N) is 4. The first-order valence-electron chi connectivity index (χ1n) is 7.86. The van der Waals surface area contributed by atoms with Gasteiger partial charge in [-0.05, 0) is 17.7 Å². The van der Waals surface area contributed by atoms with E-state index in [4.69, 9.17) is 11.6 Å². The summed E-state index contributed by atoms with van der Waals surface area (Å²) in [7, 11) is 0. The van der Waals surface area contributed by atoms with E-state index in [9.17, 15) is 25.0 Å². The Kier molecular flexibility index (Phi) is 5.32. The lowest BCUT2D eigenvalue weighted by Crippen LogP contribution is -2.22. The van der Waals surface area contributed by atoms with Gasteiger partial charge in [-0.2, -0.15) is 9.78 Å². The Balaban J connectivity index is 1.82. The van der Waals surface area contributed by atoms with Crippen molar-refractivity contribution < 1.29 is 9.85 Å². The molecule has 0 radical (unpaired) electrons. The van der Waals surface area contributed by atoms with Crippen LogP contribution >= 0.6 is 11.6 Å². The molecular formula is C17H12ClN5O5. The van der Waals surface area contributed by atoms with Crippen LogP contribution in [0.2, 0.25) is 5.02 Å². The van der Waals surface area contributed by atoms with Crippen LogP contribution in [0.15, 0.2) is 59.5 Å². The summed E-state index contributed by atoms with van der Waals surface area (Å²) in [6.45, 7) is 0.198. The van der Waals surface area contributed by atoms with Crippen LogP contribution in [-0.4, -0.2) is 19.6 Å². The highest BCUT2D eigenvalue weighted by Crippen LogP contribution is 2.20. The molecule has 0 spiro atoms. The molecule has 3 aromatic rings. The molecule has 2 aromatic carbocycles. The normalized spacial score (nSPS) is 10.5. The number of nitrogens with one attached hydrogen (secondary N) is 1. The first-order valence-corrected chi connectivity index (χ1v) is 8.24. The third-order valence-corrected chi connectivity index (χ3v) is 4.19. The van der Waals surface area contributed by atoms with Gasteiger partial charge in [0.2, 0.25) is 0 Å². The maximum Gasteiger partial charge on any atom is 0.292 e. The molecule has 0 aliphatic rings. The summed E-state index contributed by atoms with van der Waals surface area (Å²) in [5, 5.41) is 28.4. The predicted octanol–water partition coefficient (Wildman–Crippen LogP) is 3.31. The van der Waals surface area contributed by atoms with Gasteiger partial charge in [0.1, 0.15) is 5.02 Å². The molecule has 11 heteroatoms. The largest absolute Gasteiger partial charge is 0.378 e. The zero-order valence-electron chi connectivity index (χ0n) is 14.1. The molecule has 0 bridgehead atoms. The Bertz CT molecular complexity index is 1110. The molecule has 10 nitrogen and oxygen atoms in total. The van der Waals surface area contributed by atoms with E-state index in [1.54, 1.807) is 12.1 Å². The first kappa shape index (κ1) is 19.0. The van der Waals surface area contributed by atoms with Gasteiger partial charge in [-0.25, -0.2) is 0 Å². The number of nitro groups is 2. The van der Waals surface area contributed by atoms with Crippen LogP contribution in [0, 0.1) is 20.2 Å². The van der Waals surface area contributed by atoms with E-state index in [-0.39, 0.29) is 28.6 Å². The van der Waals surface area contributed by atoms with Crippen molar-refractivity contribution in [3.05, 3.63) is 95.9 Å². The summed E-state index contributed by atoms with van der Waals surface area (Å²) < 4.78 is 1.02. The number of aromatic nitrogens is 2. The molecule has 0 aliphatic heterocycles. The Morgan fingerprint density at radius 2 is 1.71 bits per heavy atom. The van der Waals surface area contributed by atoms with Crippen LogP contribution in [0.1, 0.15) is 5.56 Å². The Hall–Kier alpha value is -3.79. The fourth-order valence-electron chi connectivity index (χ4n) is 2.43. The van der Waals surface area contributed by atoms with Crippen molar-refractivity contribution in [3.8, 4) is 5.69 Å². The first-order chi connectivity index (χ1) is 13.4. The zero-order chi connectivity index (χ0) is 20.3. The van der Waals surface area contributed by atoms with Crippen molar-refractivity contribution in [2.45, 2.75) is 6.54 Å². The van der Waals surface area contributed by atoms with Gasteiger partial charge < -0.3 is 5.32 Å². The zero-order valence-corrected chi connectivity index (χ0v) is 14.9. The predicted molar refractivity (Wildman–Crippen MR) is 102 cm³/mol. The fourth-order valence-corrected chi connectivity index (χ4v) is 2.63. The van der Waals surface area contributed by atoms with Crippen LogP contribution in [0.3, 0.4) is 0 Å². The molecule has 0 saturated heterocycles. The fraction of sp³-hybridized carbons (Fsp3) is 0.0588. The summed E-state index contributed by atoms with van der Waals surface area (Å²) in [5.41, 5.74) is 0.443. The molecule has 0 saturated carbocycles. The van der Waals surface area contributed by atoms with E-state index in [0.717, 1.165) is 4.68 Å². The van der Waals surface area contributed by atoms with E-state index in [2.05, 4.69) is 10.4 Å². The van der Waals surface area contributed by atoms with Gasteiger partial charge in [0.05, 0.1) is 27.4 Å². The van der Waals surface area contributed by atoms with Gasteiger partial charge in [-0.3, -0.25) is 25.0 Å². The highest BCUT2D eigenvalue weighted by Gasteiger charge is 2.13. The SMILES string of the molecule is O=c1c(Cl)c(NCc2cccc([N+](=O)[O-])c2)cnn1-c1ccc([N+](=O)[O-])cc1. The van der Waals surface area contributed by atoms with Crippen molar-refractivity contribution in [3.63, 3.8) is 0 Å². The molecule has 3 rings (SSSR count). The molecular weight excluding hydrogens is 390 g/mol. The summed E-state index contributed by atoms with van der Waals surface area (Å²) in [6, 6.07) is 11.3. The van der Waals surface area contributed by atoms with Crippen molar-refractivity contribution in [2.75, 3.05) is 5.32 Å². The molecule has 0 unspecified atom stereocenters. The number of anilines is 1. The Morgan fingerprint density at radius 3 is 2.36 bits per heavy atom. The highest BCUT2D eigenvalue weighted by atomic mass is 35.5. The highest BCUT2D eigenvalue weighted by molar-refractivity contribution is 6.32. The second kappa shape index (κ2) is 7.84. The number of non-ortho nitro benzene ring substituents is 2.